The molecule has 0 saturated heterocycles. The Kier molecular flexibility index (Phi) is 24.4. The first-order valence-corrected chi connectivity index (χ1v) is 17.0. The molecule has 0 heterocycles. The monoisotopic (exact) mass is 606 g/mol. The molecular weight excluding hydrogens is 553 g/mol. The van der Waals surface area contributed by atoms with E-state index < -0.39 is 12.2 Å². The van der Waals surface area contributed by atoms with Gasteiger partial charge in [0.05, 0.1) is 6.61 Å². The molecule has 6 nitrogen and oxygen atoms in total. The Bertz CT molecular complexity index is 874. The Labute approximate surface area is 257 Å². The molecule has 0 bridgehead atoms. The topological polar surface area (TPSA) is 98.7 Å². The molecular formula is C33H54N2O4S2. The molecule has 0 unspecified atom stereocenters. The highest BCUT2D eigenvalue weighted by Gasteiger charge is 2.25. The van der Waals surface area contributed by atoms with Gasteiger partial charge in [0.25, 0.3) is 0 Å². The fraction of sp³-hybridized carbons (Fsp3) is 0.576. The number of amides is 2. The number of hydrogen-bond acceptors (Lipinski definition) is 6. The summed E-state index contributed by atoms with van der Waals surface area (Å²) in [6.45, 7) is 7.78. The molecule has 0 aromatic carbocycles. The van der Waals surface area contributed by atoms with Gasteiger partial charge in [-0.25, -0.2) is 0 Å². The predicted octanol–water partition coefficient (Wildman–Crippen LogP) is 6.99. The fourth-order valence-electron chi connectivity index (χ4n) is 3.20. The van der Waals surface area contributed by atoms with Gasteiger partial charge in [0.2, 0.25) is 11.8 Å². The minimum atomic E-state index is -1.31. The minimum absolute atomic E-state index is 0.0147. The Balaban J connectivity index is 3.78. The number of nitrogens with one attached hydrogen (secondary N) is 2. The average molecular weight is 607 g/mol. The maximum atomic E-state index is 12.1. The van der Waals surface area contributed by atoms with Crippen molar-refractivity contribution >= 4 is 33.4 Å². The normalized spacial score (nSPS) is 14.4. The SMILES string of the molecule is CC/C=C\C/C=C\C/C=C\C/C=C\C/C=C\C/C=C\CCC(=O)NCCSSC(C)(C)CC(=O)NC[C@](C)(O)CO. The van der Waals surface area contributed by atoms with E-state index in [1.54, 1.807) is 21.6 Å². The van der Waals surface area contributed by atoms with E-state index >= 15 is 0 Å². The average Bonchev–Trinajstić information content (AvgIpc) is 2.92. The van der Waals surface area contributed by atoms with Crippen molar-refractivity contribution in [3.05, 3.63) is 72.9 Å². The number of rotatable bonds is 24. The molecule has 0 rings (SSSR count). The van der Waals surface area contributed by atoms with Crippen molar-refractivity contribution in [2.24, 2.45) is 0 Å². The molecule has 0 saturated carbocycles. The largest absolute Gasteiger partial charge is 0.393 e. The Morgan fingerprint density at radius 3 is 1.71 bits per heavy atom. The van der Waals surface area contributed by atoms with E-state index in [2.05, 4.69) is 90.5 Å². The van der Waals surface area contributed by atoms with E-state index in [1.807, 2.05) is 13.8 Å². The first-order valence-electron chi connectivity index (χ1n) is 14.7. The number of hydrogen-bond donors (Lipinski definition) is 4. The van der Waals surface area contributed by atoms with E-state index in [1.165, 1.54) is 6.92 Å². The van der Waals surface area contributed by atoms with Crippen LogP contribution in [0.15, 0.2) is 72.9 Å². The molecule has 1 atom stereocenters. The van der Waals surface area contributed by atoms with Gasteiger partial charge in [-0.15, -0.1) is 0 Å². The summed E-state index contributed by atoms with van der Waals surface area (Å²) in [6.07, 6.45) is 33.4. The van der Waals surface area contributed by atoms with Crippen molar-refractivity contribution < 1.29 is 19.8 Å². The van der Waals surface area contributed by atoms with Crippen molar-refractivity contribution in [1.29, 1.82) is 0 Å². The third kappa shape index (κ3) is 27.9. The lowest BCUT2D eigenvalue weighted by Gasteiger charge is -2.25. The van der Waals surface area contributed by atoms with Crippen LogP contribution in [0.25, 0.3) is 0 Å². The van der Waals surface area contributed by atoms with Crippen LogP contribution in [0.3, 0.4) is 0 Å². The van der Waals surface area contributed by atoms with Crippen molar-refractivity contribution in [3.8, 4) is 0 Å². The molecule has 8 heteroatoms. The van der Waals surface area contributed by atoms with E-state index in [-0.39, 0.29) is 23.1 Å². The third-order valence-corrected chi connectivity index (χ3v) is 8.81. The van der Waals surface area contributed by atoms with Gasteiger partial charge in [0.15, 0.2) is 0 Å². The summed E-state index contributed by atoms with van der Waals surface area (Å²) in [5, 5.41) is 24.4. The lowest BCUT2D eigenvalue weighted by atomic mass is 10.1. The highest BCUT2D eigenvalue weighted by atomic mass is 33.1. The molecule has 0 aromatic heterocycles. The molecule has 0 aliphatic rings. The quantitative estimate of drug-likeness (QED) is 0.0537. The van der Waals surface area contributed by atoms with Gasteiger partial charge >= 0.3 is 0 Å². The number of allylic oxidation sites excluding steroid dienone is 12. The van der Waals surface area contributed by atoms with Crippen LogP contribution in [-0.4, -0.2) is 57.8 Å². The molecule has 2 amide bonds. The van der Waals surface area contributed by atoms with Crippen molar-refractivity contribution in [1.82, 2.24) is 10.6 Å². The van der Waals surface area contributed by atoms with Gasteiger partial charge in [-0.1, -0.05) is 101 Å². The van der Waals surface area contributed by atoms with Gasteiger partial charge in [-0.05, 0) is 65.7 Å². The lowest BCUT2D eigenvalue weighted by Crippen LogP contribution is -2.44. The predicted molar refractivity (Wildman–Crippen MR) is 180 cm³/mol. The fourth-order valence-corrected chi connectivity index (χ4v) is 5.61. The first-order chi connectivity index (χ1) is 19.6. The Morgan fingerprint density at radius 1 is 0.732 bits per heavy atom. The van der Waals surface area contributed by atoms with Gasteiger partial charge in [-0.3, -0.25) is 9.59 Å². The highest BCUT2D eigenvalue weighted by molar-refractivity contribution is 8.77. The molecule has 232 valence electrons. The number of aliphatic hydroxyl groups excluding tert-OH is 1. The van der Waals surface area contributed by atoms with Gasteiger partial charge in [0, 0.05) is 36.4 Å². The second-order valence-electron chi connectivity index (χ2n) is 10.6. The number of carbonyl (C=O) groups excluding carboxylic acids is 2. The van der Waals surface area contributed by atoms with Gasteiger partial charge in [-0.2, -0.15) is 0 Å². The molecule has 0 radical (unpaired) electrons. The maximum absolute atomic E-state index is 12.1. The molecule has 4 N–H and O–H groups in total. The summed E-state index contributed by atoms with van der Waals surface area (Å²) >= 11 is 0. The van der Waals surface area contributed by atoms with Crippen LogP contribution in [0, 0.1) is 0 Å². The molecule has 41 heavy (non-hydrogen) atoms. The van der Waals surface area contributed by atoms with Crippen LogP contribution >= 0.6 is 21.6 Å². The van der Waals surface area contributed by atoms with Crippen LogP contribution in [0.2, 0.25) is 0 Å². The summed E-state index contributed by atoms with van der Waals surface area (Å²) < 4.78 is -0.292. The molecule has 0 spiro atoms. The summed E-state index contributed by atoms with van der Waals surface area (Å²) in [5.74, 6) is 0.630. The van der Waals surface area contributed by atoms with Crippen molar-refractivity contribution in [2.75, 3.05) is 25.4 Å². The van der Waals surface area contributed by atoms with Crippen molar-refractivity contribution in [3.63, 3.8) is 0 Å². The van der Waals surface area contributed by atoms with E-state index in [0.29, 0.717) is 19.4 Å². The second-order valence-corrected chi connectivity index (χ2v) is 13.7. The van der Waals surface area contributed by atoms with Crippen LogP contribution < -0.4 is 10.6 Å². The van der Waals surface area contributed by atoms with Gasteiger partial charge in [0.1, 0.15) is 5.60 Å². The molecule has 0 aliphatic carbocycles. The number of carbonyl (C=O) groups is 2. The zero-order valence-electron chi connectivity index (χ0n) is 25.6. The Hall–Kier alpha value is -2.00. The molecule has 0 aromatic rings. The zero-order valence-corrected chi connectivity index (χ0v) is 27.3. The van der Waals surface area contributed by atoms with Crippen molar-refractivity contribution in [2.45, 2.75) is 95.8 Å². The summed E-state index contributed by atoms with van der Waals surface area (Å²) in [7, 11) is 3.23. The third-order valence-electron chi connectivity index (χ3n) is 5.52. The summed E-state index contributed by atoms with van der Waals surface area (Å²) in [4.78, 5) is 24.1. The standard InChI is InChI=1S/C33H54N2O4S2/c1-5-6-7-8-9-10-11-12-13-14-15-16-17-18-19-20-21-22-23-24-30(37)34-25-26-40-41-32(2,3)27-31(38)35-28-33(4,39)29-36/h6-7,9-10,12-13,15-16,18-19,21-22,36,39H,5,8,11,14,17,20,23-29H2,1-4H3,(H,34,37)(H,35,38)/b7-6-,10-9-,13-12-,16-15-,19-18-,22-21-/t33-/m0/s1. The smallest absolute Gasteiger partial charge is 0.221 e. The highest BCUT2D eigenvalue weighted by Crippen LogP contribution is 2.37. The summed E-state index contributed by atoms with van der Waals surface area (Å²) in [5.41, 5.74) is -1.31. The molecule has 0 aliphatic heterocycles. The Morgan fingerprint density at radius 2 is 1.22 bits per heavy atom. The van der Waals surface area contributed by atoms with E-state index in [4.69, 9.17) is 5.11 Å². The van der Waals surface area contributed by atoms with E-state index in [9.17, 15) is 14.7 Å². The van der Waals surface area contributed by atoms with Crippen LogP contribution in [0.1, 0.15) is 85.5 Å². The first kappa shape index (κ1) is 39.0. The molecule has 0 fully saturated rings. The van der Waals surface area contributed by atoms with E-state index in [0.717, 1.165) is 50.7 Å². The van der Waals surface area contributed by atoms with Crippen LogP contribution in [0.4, 0.5) is 0 Å². The lowest BCUT2D eigenvalue weighted by molar-refractivity contribution is -0.123. The zero-order chi connectivity index (χ0) is 30.7. The number of aliphatic hydroxyl groups is 2. The van der Waals surface area contributed by atoms with Crippen LogP contribution in [-0.2, 0) is 9.59 Å². The minimum Gasteiger partial charge on any atom is -0.393 e. The second kappa shape index (κ2) is 25.7. The maximum Gasteiger partial charge on any atom is 0.221 e. The summed E-state index contributed by atoms with van der Waals surface area (Å²) in [6, 6.07) is 0. The van der Waals surface area contributed by atoms with Gasteiger partial charge < -0.3 is 20.8 Å². The van der Waals surface area contributed by atoms with Crippen LogP contribution in [0.5, 0.6) is 0 Å².